The second-order valence-electron chi connectivity index (χ2n) is 8.56. The zero-order valence-corrected chi connectivity index (χ0v) is 18.5. The zero-order valence-electron chi connectivity index (χ0n) is 18.5. The number of ether oxygens (including phenoxy) is 2. The maximum absolute atomic E-state index is 12.8. The molecule has 2 N–H and O–H groups in total. The van der Waals surface area contributed by atoms with Crippen molar-refractivity contribution < 1.29 is 23.9 Å². The quantitative estimate of drug-likeness (QED) is 0.628. The van der Waals surface area contributed by atoms with E-state index < -0.39 is 17.9 Å². The molecule has 8 heteroatoms. The van der Waals surface area contributed by atoms with Gasteiger partial charge in [-0.05, 0) is 44.4 Å². The number of rotatable bonds is 8. The van der Waals surface area contributed by atoms with Crippen LogP contribution in [-0.4, -0.2) is 42.0 Å². The van der Waals surface area contributed by atoms with Crippen LogP contribution in [0.1, 0.15) is 76.7 Å². The van der Waals surface area contributed by atoms with E-state index in [9.17, 15) is 14.4 Å². The van der Waals surface area contributed by atoms with Crippen molar-refractivity contribution in [1.82, 2.24) is 15.6 Å². The summed E-state index contributed by atoms with van der Waals surface area (Å²) in [6.45, 7) is 7.94. The standard InChI is InChI=1S/C22H33N3O5/c1-6-7-17(26)30-19-16(29-5)10-13-23-18(19)21(28)24-14(2)20(27)25-15-8-11-22(3,4)12-9-15/h10,13-15H,6-9,11-12H2,1-5H3,(H,24,28)(H,25,27)/t14-/m0/s1. The van der Waals surface area contributed by atoms with Crippen LogP contribution in [0.2, 0.25) is 0 Å². The van der Waals surface area contributed by atoms with Crippen molar-refractivity contribution in [1.29, 1.82) is 0 Å². The lowest BCUT2D eigenvalue weighted by Crippen LogP contribution is -2.49. The number of pyridine rings is 1. The summed E-state index contributed by atoms with van der Waals surface area (Å²) in [6.07, 6.45) is 6.16. The fourth-order valence-electron chi connectivity index (χ4n) is 3.42. The van der Waals surface area contributed by atoms with Crippen LogP contribution in [-0.2, 0) is 9.59 Å². The Labute approximate surface area is 178 Å². The monoisotopic (exact) mass is 419 g/mol. The molecule has 0 unspecified atom stereocenters. The van der Waals surface area contributed by atoms with Gasteiger partial charge in [-0.15, -0.1) is 0 Å². The SMILES string of the molecule is CCCC(=O)Oc1c(OC)ccnc1C(=O)N[C@@H](C)C(=O)NC1CCC(C)(C)CC1. The molecule has 0 bridgehead atoms. The molecule has 2 amide bonds. The lowest BCUT2D eigenvalue weighted by atomic mass is 9.75. The van der Waals surface area contributed by atoms with Gasteiger partial charge in [-0.3, -0.25) is 14.4 Å². The number of hydrogen-bond donors (Lipinski definition) is 2. The van der Waals surface area contributed by atoms with Crippen LogP contribution in [0.25, 0.3) is 0 Å². The summed E-state index contributed by atoms with van der Waals surface area (Å²) in [6, 6.07) is 0.858. The molecule has 1 atom stereocenters. The van der Waals surface area contributed by atoms with Crippen LogP contribution < -0.4 is 20.1 Å². The molecule has 2 rings (SSSR count). The maximum atomic E-state index is 12.8. The normalized spacial score (nSPS) is 17.0. The van der Waals surface area contributed by atoms with Gasteiger partial charge in [-0.1, -0.05) is 20.8 Å². The molecule has 30 heavy (non-hydrogen) atoms. The molecular weight excluding hydrogens is 386 g/mol. The van der Waals surface area contributed by atoms with E-state index in [2.05, 4.69) is 29.5 Å². The van der Waals surface area contributed by atoms with Gasteiger partial charge in [-0.2, -0.15) is 0 Å². The predicted molar refractivity (Wildman–Crippen MR) is 112 cm³/mol. The third kappa shape index (κ3) is 6.43. The van der Waals surface area contributed by atoms with Gasteiger partial charge in [0.05, 0.1) is 7.11 Å². The first-order valence-electron chi connectivity index (χ1n) is 10.5. The van der Waals surface area contributed by atoms with E-state index in [1.54, 1.807) is 6.92 Å². The first-order valence-corrected chi connectivity index (χ1v) is 10.5. The van der Waals surface area contributed by atoms with E-state index >= 15 is 0 Å². The average molecular weight is 420 g/mol. The first-order chi connectivity index (χ1) is 14.2. The summed E-state index contributed by atoms with van der Waals surface area (Å²) < 4.78 is 10.5. The van der Waals surface area contributed by atoms with E-state index in [4.69, 9.17) is 9.47 Å². The largest absolute Gasteiger partial charge is 0.493 e. The molecule has 0 radical (unpaired) electrons. The summed E-state index contributed by atoms with van der Waals surface area (Å²) in [7, 11) is 1.41. The predicted octanol–water partition coefficient (Wildman–Crippen LogP) is 3.00. The third-order valence-corrected chi connectivity index (χ3v) is 5.40. The maximum Gasteiger partial charge on any atom is 0.311 e. The molecular formula is C22H33N3O5. The highest BCUT2D eigenvalue weighted by Gasteiger charge is 2.29. The highest BCUT2D eigenvalue weighted by atomic mass is 16.6. The Hall–Kier alpha value is -2.64. The van der Waals surface area contributed by atoms with E-state index in [0.717, 1.165) is 25.7 Å². The molecule has 166 valence electrons. The van der Waals surface area contributed by atoms with Crippen molar-refractivity contribution in [2.45, 2.75) is 78.3 Å². The van der Waals surface area contributed by atoms with E-state index in [1.807, 2.05) is 6.92 Å². The minimum Gasteiger partial charge on any atom is -0.493 e. The van der Waals surface area contributed by atoms with Crippen molar-refractivity contribution in [2.75, 3.05) is 7.11 Å². The minimum atomic E-state index is -0.764. The molecule has 1 heterocycles. The topological polar surface area (TPSA) is 107 Å². The Kier molecular flexibility index (Phi) is 8.20. The third-order valence-electron chi connectivity index (χ3n) is 5.40. The summed E-state index contributed by atoms with van der Waals surface area (Å²) in [4.78, 5) is 41.3. The van der Waals surface area contributed by atoms with E-state index in [0.29, 0.717) is 11.8 Å². The van der Waals surface area contributed by atoms with Gasteiger partial charge in [0.1, 0.15) is 6.04 Å². The van der Waals surface area contributed by atoms with Crippen molar-refractivity contribution >= 4 is 17.8 Å². The number of methoxy groups -OCH3 is 1. The minimum absolute atomic E-state index is 0.0435. The summed E-state index contributed by atoms with van der Waals surface area (Å²) >= 11 is 0. The lowest BCUT2D eigenvalue weighted by molar-refractivity contribution is -0.134. The molecule has 1 aromatic rings. The second-order valence-corrected chi connectivity index (χ2v) is 8.56. The summed E-state index contributed by atoms with van der Waals surface area (Å²) in [5, 5.41) is 5.65. The Bertz CT molecular complexity index is 768. The number of carbonyl (C=O) groups excluding carboxylic acids is 3. The Morgan fingerprint density at radius 2 is 1.93 bits per heavy atom. The first kappa shape index (κ1) is 23.6. The van der Waals surface area contributed by atoms with E-state index in [1.165, 1.54) is 19.4 Å². The van der Waals surface area contributed by atoms with Crippen LogP contribution in [0.5, 0.6) is 11.5 Å². The zero-order chi connectivity index (χ0) is 22.3. The summed E-state index contributed by atoms with van der Waals surface area (Å²) in [5.41, 5.74) is 0.211. The molecule has 1 fully saturated rings. The molecule has 0 saturated heterocycles. The van der Waals surface area contributed by atoms with Gasteiger partial charge in [0, 0.05) is 24.7 Å². The smallest absolute Gasteiger partial charge is 0.311 e. The van der Waals surface area contributed by atoms with Crippen molar-refractivity contribution in [3.63, 3.8) is 0 Å². The van der Waals surface area contributed by atoms with Gasteiger partial charge < -0.3 is 20.1 Å². The van der Waals surface area contributed by atoms with Gasteiger partial charge in [0.15, 0.2) is 11.4 Å². The number of nitrogens with one attached hydrogen (secondary N) is 2. The van der Waals surface area contributed by atoms with Gasteiger partial charge in [0.2, 0.25) is 11.7 Å². The number of amides is 2. The molecule has 1 aliphatic rings. The van der Waals surface area contributed by atoms with Gasteiger partial charge in [-0.25, -0.2) is 4.98 Å². The van der Waals surface area contributed by atoms with Crippen LogP contribution in [0.15, 0.2) is 12.3 Å². The van der Waals surface area contributed by atoms with Crippen molar-refractivity contribution in [3.8, 4) is 11.5 Å². The number of hydrogen-bond acceptors (Lipinski definition) is 6. The van der Waals surface area contributed by atoms with Crippen LogP contribution >= 0.6 is 0 Å². The van der Waals surface area contributed by atoms with Gasteiger partial charge >= 0.3 is 5.97 Å². The average Bonchev–Trinajstić information content (AvgIpc) is 2.69. The second kappa shape index (κ2) is 10.4. The Morgan fingerprint density at radius 3 is 2.53 bits per heavy atom. The molecule has 0 aliphatic heterocycles. The van der Waals surface area contributed by atoms with Crippen LogP contribution in [0, 0.1) is 5.41 Å². The lowest BCUT2D eigenvalue weighted by Gasteiger charge is -2.35. The number of carbonyl (C=O) groups is 3. The molecule has 1 aliphatic carbocycles. The van der Waals surface area contributed by atoms with Crippen molar-refractivity contribution in [3.05, 3.63) is 18.0 Å². The fraction of sp³-hybridized carbons (Fsp3) is 0.636. The highest BCUT2D eigenvalue weighted by molar-refractivity contribution is 5.99. The van der Waals surface area contributed by atoms with E-state index in [-0.39, 0.29) is 35.6 Å². The molecule has 8 nitrogen and oxygen atoms in total. The Balaban J connectivity index is 2.04. The number of aromatic nitrogens is 1. The molecule has 1 aromatic heterocycles. The van der Waals surface area contributed by atoms with Crippen LogP contribution in [0.3, 0.4) is 0 Å². The van der Waals surface area contributed by atoms with Gasteiger partial charge in [0.25, 0.3) is 5.91 Å². The van der Waals surface area contributed by atoms with Crippen LogP contribution in [0.4, 0.5) is 0 Å². The molecule has 0 spiro atoms. The number of nitrogens with zero attached hydrogens (tertiary/aromatic N) is 1. The van der Waals surface area contributed by atoms with Crippen molar-refractivity contribution in [2.24, 2.45) is 5.41 Å². The molecule has 0 aromatic carbocycles. The Morgan fingerprint density at radius 1 is 1.27 bits per heavy atom. The fourth-order valence-corrected chi connectivity index (χ4v) is 3.42. The number of esters is 1. The highest BCUT2D eigenvalue weighted by Crippen LogP contribution is 2.35. The summed E-state index contributed by atoms with van der Waals surface area (Å²) in [5.74, 6) is -1.16. The molecule has 1 saturated carbocycles.